The fraction of sp³-hybridized carbons (Fsp3) is 0.143. The number of halogens is 4. The molecule has 0 bridgehead atoms. The summed E-state index contributed by atoms with van der Waals surface area (Å²) in [5.41, 5.74) is 2.00. The first-order chi connectivity index (χ1) is 14.7. The first-order valence-electron chi connectivity index (χ1n) is 9.11. The molecule has 0 aliphatic heterocycles. The second-order valence-corrected chi connectivity index (χ2v) is 6.82. The normalized spacial score (nSPS) is 12.7. The van der Waals surface area contributed by atoms with E-state index in [0.29, 0.717) is 33.4 Å². The van der Waals surface area contributed by atoms with Crippen LogP contribution in [0.2, 0.25) is 0 Å². The van der Waals surface area contributed by atoms with Crippen LogP contribution in [0, 0.1) is 5.82 Å². The summed E-state index contributed by atoms with van der Waals surface area (Å²) in [7, 11) is 0. The van der Waals surface area contributed by atoms with E-state index in [0.717, 1.165) is 12.4 Å². The molecule has 6 nitrogen and oxygen atoms in total. The predicted octanol–water partition coefficient (Wildman–Crippen LogP) is 5.12. The number of benzene rings is 2. The maximum Gasteiger partial charge on any atom is 0.451 e. The second-order valence-electron chi connectivity index (χ2n) is 6.82. The highest BCUT2D eigenvalue weighted by atomic mass is 19.4. The van der Waals surface area contributed by atoms with Gasteiger partial charge in [-0.05, 0) is 42.3 Å². The van der Waals surface area contributed by atoms with Gasteiger partial charge in [0.15, 0.2) is 0 Å². The summed E-state index contributed by atoms with van der Waals surface area (Å²) in [5.74, 6) is -1.33. The van der Waals surface area contributed by atoms with Crippen molar-refractivity contribution in [3.63, 3.8) is 0 Å². The smallest absolute Gasteiger partial charge is 0.451 e. The molecule has 0 spiro atoms. The molecule has 0 saturated heterocycles. The number of hydrogen-bond acceptors (Lipinski definition) is 6. The average molecular weight is 429 g/mol. The predicted molar refractivity (Wildman–Crippen MR) is 106 cm³/mol. The lowest BCUT2D eigenvalue weighted by atomic mass is 10.0. The number of nitrogens with one attached hydrogen (secondary N) is 1. The Hall–Kier alpha value is -3.82. The first-order valence-corrected chi connectivity index (χ1v) is 9.11. The lowest BCUT2D eigenvalue weighted by Gasteiger charge is -2.17. The third kappa shape index (κ3) is 4.23. The molecular weight excluding hydrogens is 414 g/mol. The second kappa shape index (κ2) is 7.78. The van der Waals surface area contributed by atoms with Crippen molar-refractivity contribution >= 4 is 16.7 Å². The van der Waals surface area contributed by atoms with Crippen LogP contribution in [-0.2, 0) is 6.18 Å². The molecule has 2 N–H and O–H groups in total. The molecule has 2 aromatic carbocycles. The maximum atomic E-state index is 13.2. The third-order valence-electron chi connectivity index (χ3n) is 4.67. The van der Waals surface area contributed by atoms with E-state index in [-0.39, 0.29) is 11.6 Å². The Bertz CT molecular complexity index is 1230. The van der Waals surface area contributed by atoms with Gasteiger partial charge in [-0.1, -0.05) is 12.1 Å². The summed E-state index contributed by atoms with van der Waals surface area (Å²) in [5, 5.41) is 14.0. The van der Waals surface area contributed by atoms with Crippen molar-refractivity contribution < 1.29 is 22.7 Å². The van der Waals surface area contributed by atoms with Crippen molar-refractivity contribution in [2.24, 2.45) is 0 Å². The van der Waals surface area contributed by atoms with Crippen LogP contribution in [0.15, 0.2) is 55.1 Å². The fourth-order valence-corrected chi connectivity index (χ4v) is 3.07. The van der Waals surface area contributed by atoms with E-state index in [1.807, 2.05) is 0 Å². The van der Waals surface area contributed by atoms with Gasteiger partial charge in [-0.2, -0.15) is 13.2 Å². The topological polar surface area (TPSA) is 83.8 Å². The van der Waals surface area contributed by atoms with Crippen LogP contribution < -0.4 is 5.32 Å². The van der Waals surface area contributed by atoms with Crippen LogP contribution in [0.25, 0.3) is 22.0 Å². The van der Waals surface area contributed by atoms with Gasteiger partial charge in [-0.3, -0.25) is 0 Å². The molecule has 31 heavy (non-hydrogen) atoms. The summed E-state index contributed by atoms with van der Waals surface area (Å²) >= 11 is 0. The number of phenolic OH excluding ortho intramolecular Hbond substituents is 1. The number of hydrogen-bond donors (Lipinski definition) is 2. The number of aromatic nitrogens is 4. The molecule has 1 unspecified atom stereocenters. The zero-order valence-electron chi connectivity index (χ0n) is 16.0. The summed E-state index contributed by atoms with van der Waals surface area (Å²) in [6.45, 7) is 1.71. The van der Waals surface area contributed by atoms with Crippen molar-refractivity contribution in [1.82, 2.24) is 19.9 Å². The Kier molecular flexibility index (Phi) is 5.14. The van der Waals surface area contributed by atoms with Gasteiger partial charge in [0.05, 0.1) is 6.04 Å². The van der Waals surface area contributed by atoms with Gasteiger partial charge in [0.25, 0.3) is 0 Å². The van der Waals surface area contributed by atoms with Crippen LogP contribution in [0.1, 0.15) is 24.4 Å². The van der Waals surface area contributed by atoms with Gasteiger partial charge in [0, 0.05) is 23.3 Å². The largest absolute Gasteiger partial charge is 0.506 e. The minimum atomic E-state index is -4.62. The zero-order chi connectivity index (χ0) is 22.2. The van der Waals surface area contributed by atoms with E-state index in [2.05, 4.69) is 25.3 Å². The number of nitrogens with zero attached hydrogens (tertiary/aromatic N) is 4. The molecule has 4 aromatic rings. The van der Waals surface area contributed by atoms with Crippen LogP contribution in [0.4, 0.5) is 23.4 Å². The van der Waals surface area contributed by atoms with E-state index in [1.165, 1.54) is 24.5 Å². The molecule has 0 radical (unpaired) electrons. The number of aromatic hydroxyl groups is 1. The van der Waals surface area contributed by atoms with Crippen molar-refractivity contribution in [3.05, 3.63) is 72.3 Å². The SMILES string of the molecule is CC(Nc1ncnc2c(O)cc(-c3ccc(F)cc3)cc12)c1cnc(C(F)(F)F)nc1. The number of alkyl halides is 3. The molecule has 0 saturated carbocycles. The van der Waals surface area contributed by atoms with E-state index in [1.54, 1.807) is 25.1 Å². The number of rotatable bonds is 4. The van der Waals surface area contributed by atoms with Gasteiger partial charge in [0.1, 0.15) is 29.2 Å². The Morgan fingerprint density at radius 3 is 2.26 bits per heavy atom. The summed E-state index contributed by atoms with van der Waals surface area (Å²) < 4.78 is 51.3. The minimum Gasteiger partial charge on any atom is -0.506 e. The third-order valence-corrected chi connectivity index (χ3v) is 4.67. The molecule has 0 aliphatic rings. The summed E-state index contributed by atoms with van der Waals surface area (Å²) in [6, 6.07) is 8.54. The standard InChI is InChI=1S/C21H15F4N5O/c1-11(14-8-26-20(27-9-14)21(23,24)25)30-19-16-6-13(12-2-4-15(22)5-3-12)7-17(31)18(16)28-10-29-19/h2-11,31H,1H3,(H,28,29,30). The van der Waals surface area contributed by atoms with Crippen molar-refractivity contribution in [2.45, 2.75) is 19.1 Å². The molecule has 0 amide bonds. The van der Waals surface area contributed by atoms with Gasteiger partial charge < -0.3 is 10.4 Å². The molecule has 2 aromatic heterocycles. The van der Waals surface area contributed by atoms with Gasteiger partial charge >= 0.3 is 6.18 Å². The van der Waals surface area contributed by atoms with Gasteiger partial charge in [-0.15, -0.1) is 0 Å². The van der Waals surface area contributed by atoms with E-state index in [9.17, 15) is 22.7 Å². The Labute approximate surface area is 173 Å². The number of phenols is 1. The molecule has 2 heterocycles. The lowest BCUT2D eigenvalue weighted by Crippen LogP contribution is -2.14. The van der Waals surface area contributed by atoms with Crippen LogP contribution in [0.5, 0.6) is 5.75 Å². The lowest BCUT2D eigenvalue weighted by molar-refractivity contribution is -0.145. The number of fused-ring (bicyclic) bond motifs is 1. The highest BCUT2D eigenvalue weighted by molar-refractivity contribution is 5.96. The quantitative estimate of drug-likeness (QED) is 0.438. The molecular formula is C21H15F4N5O. The average Bonchev–Trinajstić information content (AvgIpc) is 2.74. The molecule has 158 valence electrons. The molecule has 10 heteroatoms. The van der Waals surface area contributed by atoms with Crippen molar-refractivity contribution in [1.29, 1.82) is 0 Å². The van der Waals surface area contributed by atoms with Crippen molar-refractivity contribution in [3.8, 4) is 16.9 Å². The van der Waals surface area contributed by atoms with Gasteiger partial charge in [0.2, 0.25) is 5.82 Å². The molecule has 1 atom stereocenters. The van der Waals surface area contributed by atoms with Crippen LogP contribution in [-0.4, -0.2) is 25.0 Å². The van der Waals surface area contributed by atoms with Crippen LogP contribution >= 0.6 is 0 Å². The molecule has 0 fully saturated rings. The Balaban J connectivity index is 1.69. The minimum absolute atomic E-state index is 0.0900. The summed E-state index contributed by atoms with van der Waals surface area (Å²) in [4.78, 5) is 15.0. The van der Waals surface area contributed by atoms with E-state index in [4.69, 9.17) is 0 Å². The maximum absolute atomic E-state index is 13.2. The van der Waals surface area contributed by atoms with E-state index < -0.39 is 18.0 Å². The Morgan fingerprint density at radius 1 is 0.935 bits per heavy atom. The highest BCUT2D eigenvalue weighted by Crippen LogP contribution is 2.34. The highest BCUT2D eigenvalue weighted by Gasteiger charge is 2.34. The van der Waals surface area contributed by atoms with Gasteiger partial charge in [-0.25, -0.2) is 24.3 Å². The molecule has 4 rings (SSSR count). The zero-order valence-corrected chi connectivity index (χ0v) is 16.0. The monoisotopic (exact) mass is 429 g/mol. The summed E-state index contributed by atoms with van der Waals surface area (Å²) in [6.07, 6.45) is -1.17. The van der Waals surface area contributed by atoms with Crippen LogP contribution in [0.3, 0.4) is 0 Å². The number of anilines is 1. The Morgan fingerprint density at radius 2 is 1.61 bits per heavy atom. The van der Waals surface area contributed by atoms with E-state index >= 15 is 0 Å². The fourth-order valence-electron chi connectivity index (χ4n) is 3.07. The van der Waals surface area contributed by atoms with Crippen molar-refractivity contribution in [2.75, 3.05) is 5.32 Å². The first kappa shape index (κ1) is 20.5. The molecule has 0 aliphatic carbocycles.